The van der Waals surface area contributed by atoms with Gasteiger partial charge in [0.1, 0.15) is 0 Å². The molecule has 1 heterocycles. The Morgan fingerprint density at radius 1 is 1.45 bits per heavy atom. The number of halogens is 1. The van der Waals surface area contributed by atoms with E-state index < -0.39 is 0 Å². The van der Waals surface area contributed by atoms with Gasteiger partial charge in [-0.2, -0.15) is 5.10 Å². The van der Waals surface area contributed by atoms with E-state index in [1.54, 1.807) is 0 Å². The highest BCUT2D eigenvalue weighted by atomic mass is 127. The minimum Gasteiger partial charge on any atom is -0.278 e. The van der Waals surface area contributed by atoms with E-state index in [1.165, 1.54) is 8.96 Å². The van der Waals surface area contributed by atoms with Crippen LogP contribution in [0.3, 0.4) is 0 Å². The lowest BCUT2D eigenvalue weighted by Gasteiger charge is -1.89. The lowest BCUT2D eigenvalue weighted by Crippen LogP contribution is -1.71. The van der Waals surface area contributed by atoms with Gasteiger partial charge in [0.25, 0.3) is 0 Å². The van der Waals surface area contributed by atoms with Crippen LogP contribution in [0.25, 0.3) is 10.9 Å². The maximum absolute atomic E-state index is 4.11. The van der Waals surface area contributed by atoms with Crippen molar-refractivity contribution in [3.63, 3.8) is 0 Å². The average Bonchev–Trinajstić information content (AvgIpc) is 2.32. The van der Waals surface area contributed by atoms with Gasteiger partial charge in [0.15, 0.2) is 0 Å². The summed E-state index contributed by atoms with van der Waals surface area (Å²) in [6, 6.07) is 6.28. The highest BCUT2D eigenvalue weighted by Gasteiger charge is 1.99. The molecule has 2 aromatic rings. The van der Waals surface area contributed by atoms with Crippen LogP contribution in [0.1, 0.15) is 5.69 Å². The Kier molecular flexibility index (Phi) is 1.60. The third kappa shape index (κ3) is 1.13. The minimum absolute atomic E-state index is 1.07. The first-order valence-electron chi connectivity index (χ1n) is 3.37. The van der Waals surface area contributed by atoms with E-state index in [9.17, 15) is 0 Å². The van der Waals surface area contributed by atoms with Crippen molar-refractivity contribution in [2.45, 2.75) is 6.92 Å². The predicted molar refractivity (Wildman–Crippen MR) is 53.5 cm³/mol. The van der Waals surface area contributed by atoms with Crippen molar-refractivity contribution >= 4 is 33.5 Å². The summed E-state index contributed by atoms with van der Waals surface area (Å²) in [6.07, 6.45) is 0. The molecule has 0 aliphatic carbocycles. The molecule has 3 heteroatoms. The normalized spacial score (nSPS) is 10.7. The number of nitrogens with zero attached hydrogens (tertiary/aromatic N) is 1. The van der Waals surface area contributed by atoms with Gasteiger partial charge in [-0.3, -0.25) is 5.10 Å². The molecule has 0 atom stereocenters. The van der Waals surface area contributed by atoms with Crippen LogP contribution < -0.4 is 0 Å². The number of nitrogens with one attached hydrogen (secondary N) is 1. The number of aromatic amines is 1. The molecule has 1 aromatic heterocycles. The van der Waals surface area contributed by atoms with Crippen molar-refractivity contribution in [3.8, 4) is 0 Å². The summed E-state index contributed by atoms with van der Waals surface area (Å²) >= 11 is 2.29. The van der Waals surface area contributed by atoms with E-state index in [2.05, 4.69) is 51.0 Å². The zero-order valence-electron chi connectivity index (χ0n) is 6.06. The molecule has 0 fully saturated rings. The molecule has 0 amide bonds. The number of aryl methyl sites for hydroxylation is 1. The predicted octanol–water partition coefficient (Wildman–Crippen LogP) is 2.48. The van der Waals surface area contributed by atoms with E-state index in [-0.39, 0.29) is 0 Å². The third-order valence-corrected chi connectivity index (χ3v) is 2.39. The van der Waals surface area contributed by atoms with Crippen LogP contribution in [0.4, 0.5) is 0 Å². The highest BCUT2D eigenvalue weighted by Crippen LogP contribution is 2.17. The number of rotatable bonds is 0. The summed E-state index contributed by atoms with van der Waals surface area (Å²) < 4.78 is 1.23. The van der Waals surface area contributed by atoms with E-state index in [1.807, 2.05) is 6.92 Å². The SMILES string of the molecule is Cc1n[nH]c2cc(I)ccc12. The van der Waals surface area contributed by atoms with E-state index in [0.717, 1.165) is 11.2 Å². The Hall–Kier alpha value is -0.580. The van der Waals surface area contributed by atoms with Crippen LogP contribution in [0.5, 0.6) is 0 Å². The van der Waals surface area contributed by atoms with Gasteiger partial charge in [0, 0.05) is 8.96 Å². The van der Waals surface area contributed by atoms with Crippen molar-refractivity contribution in [2.24, 2.45) is 0 Å². The minimum atomic E-state index is 1.07. The molecule has 0 radical (unpaired) electrons. The van der Waals surface area contributed by atoms with Crippen LogP contribution in [-0.2, 0) is 0 Å². The Labute approximate surface area is 78.1 Å². The maximum atomic E-state index is 4.11. The number of hydrogen-bond donors (Lipinski definition) is 1. The lowest BCUT2D eigenvalue weighted by atomic mass is 10.2. The average molecular weight is 258 g/mol. The standard InChI is InChI=1S/C8H7IN2/c1-5-7-3-2-6(9)4-8(7)11-10-5/h2-4H,1H3,(H,10,11). The number of fused-ring (bicyclic) bond motifs is 1. The van der Waals surface area contributed by atoms with Gasteiger partial charge >= 0.3 is 0 Å². The molecule has 0 unspecified atom stereocenters. The molecule has 0 aliphatic heterocycles. The largest absolute Gasteiger partial charge is 0.278 e. The fraction of sp³-hybridized carbons (Fsp3) is 0.125. The zero-order valence-corrected chi connectivity index (χ0v) is 8.21. The quantitative estimate of drug-likeness (QED) is 0.722. The smallest absolute Gasteiger partial charge is 0.0669 e. The monoisotopic (exact) mass is 258 g/mol. The van der Waals surface area contributed by atoms with Gasteiger partial charge in [0.05, 0.1) is 11.2 Å². The van der Waals surface area contributed by atoms with Crippen LogP contribution in [0.15, 0.2) is 18.2 Å². The van der Waals surface area contributed by atoms with Crippen LogP contribution in [-0.4, -0.2) is 10.2 Å². The summed E-state index contributed by atoms with van der Waals surface area (Å²) in [7, 11) is 0. The molecule has 2 nitrogen and oxygen atoms in total. The summed E-state index contributed by atoms with van der Waals surface area (Å²) in [4.78, 5) is 0. The molecule has 56 valence electrons. The Morgan fingerprint density at radius 3 is 3.09 bits per heavy atom. The van der Waals surface area contributed by atoms with Crippen molar-refractivity contribution in [1.82, 2.24) is 10.2 Å². The number of benzene rings is 1. The van der Waals surface area contributed by atoms with Gasteiger partial charge in [-0.05, 0) is 47.7 Å². The number of H-pyrrole nitrogens is 1. The third-order valence-electron chi connectivity index (χ3n) is 1.72. The fourth-order valence-corrected chi connectivity index (χ4v) is 1.62. The van der Waals surface area contributed by atoms with Crippen LogP contribution in [0, 0.1) is 10.5 Å². The molecule has 0 saturated heterocycles. The van der Waals surface area contributed by atoms with Gasteiger partial charge < -0.3 is 0 Å². The molecular weight excluding hydrogens is 251 g/mol. The molecule has 2 rings (SSSR count). The van der Waals surface area contributed by atoms with Gasteiger partial charge in [-0.15, -0.1) is 0 Å². The Morgan fingerprint density at radius 2 is 2.27 bits per heavy atom. The first-order valence-corrected chi connectivity index (χ1v) is 4.45. The first kappa shape index (κ1) is 7.09. The Bertz CT molecular complexity index is 392. The molecule has 1 aromatic carbocycles. The second-order valence-electron chi connectivity index (χ2n) is 2.50. The van der Waals surface area contributed by atoms with E-state index >= 15 is 0 Å². The van der Waals surface area contributed by atoms with Crippen molar-refractivity contribution in [1.29, 1.82) is 0 Å². The Balaban J connectivity index is 2.86. The van der Waals surface area contributed by atoms with Crippen molar-refractivity contribution < 1.29 is 0 Å². The molecule has 0 spiro atoms. The molecule has 0 bridgehead atoms. The fourth-order valence-electron chi connectivity index (χ4n) is 1.13. The summed E-state index contributed by atoms with van der Waals surface area (Å²) in [5.74, 6) is 0. The van der Waals surface area contributed by atoms with Gasteiger partial charge in [-0.1, -0.05) is 0 Å². The topological polar surface area (TPSA) is 28.7 Å². The van der Waals surface area contributed by atoms with Crippen LogP contribution in [0.2, 0.25) is 0 Å². The van der Waals surface area contributed by atoms with Gasteiger partial charge in [0.2, 0.25) is 0 Å². The van der Waals surface area contributed by atoms with Crippen molar-refractivity contribution in [3.05, 3.63) is 27.5 Å². The molecule has 1 N–H and O–H groups in total. The maximum Gasteiger partial charge on any atom is 0.0669 e. The second-order valence-corrected chi connectivity index (χ2v) is 3.74. The lowest BCUT2D eigenvalue weighted by molar-refractivity contribution is 1.07. The van der Waals surface area contributed by atoms with Crippen molar-refractivity contribution in [2.75, 3.05) is 0 Å². The highest BCUT2D eigenvalue weighted by molar-refractivity contribution is 14.1. The number of aromatic nitrogens is 2. The van der Waals surface area contributed by atoms with E-state index in [4.69, 9.17) is 0 Å². The first-order chi connectivity index (χ1) is 5.27. The number of hydrogen-bond acceptors (Lipinski definition) is 1. The summed E-state index contributed by atoms with van der Waals surface area (Å²) in [6.45, 7) is 2.01. The molecule has 11 heavy (non-hydrogen) atoms. The molecular formula is C8H7IN2. The second kappa shape index (κ2) is 2.48. The van der Waals surface area contributed by atoms with Gasteiger partial charge in [-0.25, -0.2) is 0 Å². The van der Waals surface area contributed by atoms with E-state index in [0.29, 0.717) is 0 Å². The van der Waals surface area contributed by atoms with Crippen LogP contribution >= 0.6 is 22.6 Å². The molecule has 0 aliphatic rings. The molecule has 0 saturated carbocycles. The summed E-state index contributed by atoms with van der Waals surface area (Å²) in [5.41, 5.74) is 2.19. The summed E-state index contributed by atoms with van der Waals surface area (Å²) in [5, 5.41) is 8.30. The zero-order chi connectivity index (χ0) is 7.84.